The number of ketones is 1. The number of amides is 4. The van der Waals surface area contributed by atoms with Crippen LogP contribution in [0.1, 0.15) is 64.2 Å². The van der Waals surface area contributed by atoms with Crippen LogP contribution in [0, 0.1) is 11.8 Å². The van der Waals surface area contributed by atoms with Crippen LogP contribution in [0.5, 0.6) is 0 Å². The predicted octanol–water partition coefficient (Wildman–Crippen LogP) is 3.51. The fourth-order valence-electron chi connectivity index (χ4n) is 6.12. The Morgan fingerprint density at radius 1 is 0.979 bits per heavy atom. The van der Waals surface area contributed by atoms with Gasteiger partial charge >= 0.3 is 6.09 Å². The van der Waals surface area contributed by atoms with Gasteiger partial charge < -0.3 is 30.9 Å². The number of halogens is 1. The number of hydrogen-bond acceptors (Lipinski definition) is 7. The third-order valence-corrected chi connectivity index (χ3v) is 9.03. The first kappa shape index (κ1) is 35.9. The monoisotopic (exact) mass is 667 g/mol. The first-order valence-electron chi connectivity index (χ1n) is 16.3. The van der Waals surface area contributed by atoms with E-state index in [0.717, 1.165) is 11.1 Å². The van der Waals surface area contributed by atoms with E-state index in [1.54, 1.807) is 6.07 Å². The van der Waals surface area contributed by atoms with Crippen molar-refractivity contribution < 1.29 is 28.7 Å². The van der Waals surface area contributed by atoms with Crippen LogP contribution in [0.2, 0.25) is 5.02 Å². The molecule has 47 heavy (non-hydrogen) atoms. The van der Waals surface area contributed by atoms with Crippen molar-refractivity contribution in [2.75, 3.05) is 32.7 Å². The van der Waals surface area contributed by atoms with Gasteiger partial charge in [-0.2, -0.15) is 0 Å². The Bertz CT molecular complexity index is 1430. The van der Waals surface area contributed by atoms with Gasteiger partial charge in [-0.25, -0.2) is 4.79 Å². The highest BCUT2D eigenvalue weighted by atomic mass is 35.5. The molecule has 2 heterocycles. The molecule has 0 saturated carbocycles. The van der Waals surface area contributed by atoms with Crippen molar-refractivity contribution in [3.05, 3.63) is 70.7 Å². The number of nitrogens with one attached hydrogen (secondary N) is 4. The minimum absolute atomic E-state index is 0.0169. The summed E-state index contributed by atoms with van der Waals surface area (Å²) in [5.74, 6) is -2.87. The summed E-state index contributed by atoms with van der Waals surface area (Å²) in [4.78, 5) is 68.0. The second kappa shape index (κ2) is 16.2. The molecule has 0 radical (unpaired) electrons. The van der Waals surface area contributed by atoms with Crippen molar-refractivity contribution in [2.45, 2.75) is 70.6 Å². The van der Waals surface area contributed by atoms with E-state index in [1.165, 1.54) is 4.90 Å². The van der Waals surface area contributed by atoms with E-state index in [1.807, 2.05) is 76.2 Å². The Hall–Kier alpha value is -3.96. The summed E-state index contributed by atoms with van der Waals surface area (Å²) < 4.78 is 6.09. The van der Waals surface area contributed by atoms with Crippen LogP contribution < -0.4 is 21.3 Å². The third kappa shape index (κ3) is 9.54. The number of ether oxygens (including phenoxy) is 1. The number of hydrogen-bond donors (Lipinski definition) is 4. The molecule has 2 fully saturated rings. The maximum Gasteiger partial charge on any atom is 0.408 e. The molecule has 254 valence electrons. The smallest absolute Gasteiger partial charge is 0.408 e. The van der Waals surface area contributed by atoms with Gasteiger partial charge in [-0.1, -0.05) is 81.8 Å². The van der Waals surface area contributed by atoms with Crippen molar-refractivity contribution in [2.24, 2.45) is 11.8 Å². The number of carbonyl (C=O) groups is 5. The van der Waals surface area contributed by atoms with E-state index in [2.05, 4.69) is 21.3 Å². The maximum atomic E-state index is 13.8. The molecule has 4 atom stereocenters. The largest absolute Gasteiger partial charge is 0.440 e. The second-order valence-electron chi connectivity index (χ2n) is 13.2. The zero-order valence-electron chi connectivity index (χ0n) is 27.5. The van der Waals surface area contributed by atoms with Crippen LogP contribution in [0.15, 0.2) is 54.6 Å². The highest BCUT2D eigenvalue weighted by Gasteiger charge is 2.39. The molecule has 2 aliphatic heterocycles. The Kier molecular flexibility index (Phi) is 12.4. The summed E-state index contributed by atoms with van der Waals surface area (Å²) in [6, 6.07) is 14.4. The van der Waals surface area contributed by atoms with Crippen molar-refractivity contribution in [3.63, 3.8) is 0 Å². The normalized spacial score (nSPS) is 18.6. The van der Waals surface area contributed by atoms with Crippen molar-refractivity contribution in [1.29, 1.82) is 0 Å². The number of nitrogens with zero attached hydrogens (tertiary/aromatic N) is 1. The van der Waals surface area contributed by atoms with E-state index >= 15 is 0 Å². The van der Waals surface area contributed by atoms with E-state index in [4.69, 9.17) is 16.3 Å². The minimum Gasteiger partial charge on any atom is -0.440 e. The Morgan fingerprint density at radius 2 is 1.68 bits per heavy atom. The molecule has 0 spiro atoms. The van der Waals surface area contributed by atoms with Crippen molar-refractivity contribution in [1.82, 2.24) is 26.2 Å². The van der Waals surface area contributed by atoms with Crippen molar-refractivity contribution in [3.8, 4) is 0 Å². The van der Waals surface area contributed by atoms with Crippen molar-refractivity contribution >= 4 is 41.2 Å². The molecule has 4 rings (SSSR count). The van der Waals surface area contributed by atoms with Gasteiger partial charge in [-0.15, -0.1) is 0 Å². The van der Waals surface area contributed by atoms with E-state index in [9.17, 15) is 24.0 Å². The summed E-state index contributed by atoms with van der Waals surface area (Å²) in [6.45, 7) is 10.0. The number of piperazine rings is 1. The molecular weight excluding hydrogens is 622 g/mol. The highest BCUT2D eigenvalue weighted by Crippen LogP contribution is 2.40. The second-order valence-corrected chi connectivity index (χ2v) is 13.7. The minimum atomic E-state index is -1.23. The third-order valence-electron chi connectivity index (χ3n) is 8.80. The van der Waals surface area contributed by atoms with E-state index in [-0.39, 0.29) is 24.7 Å². The fraction of sp³-hybridized carbons (Fsp3) is 0.514. The molecule has 0 aliphatic carbocycles. The molecule has 0 bridgehead atoms. The molecule has 4 amide bonds. The van der Waals surface area contributed by atoms with Crippen LogP contribution in [-0.2, 0) is 29.3 Å². The summed E-state index contributed by atoms with van der Waals surface area (Å²) in [6.07, 6.45) is -0.854. The molecule has 2 saturated heterocycles. The Balaban J connectivity index is 1.54. The predicted molar refractivity (Wildman–Crippen MR) is 179 cm³/mol. The molecule has 4 N–H and O–H groups in total. The Labute approximate surface area is 281 Å². The Morgan fingerprint density at radius 3 is 2.30 bits per heavy atom. The van der Waals surface area contributed by atoms with Crippen LogP contribution in [0.25, 0.3) is 0 Å². The lowest BCUT2D eigenvalue weighted by Gasteiger charge is -2.35. The molecule has 1 unspecified atom stereocenters. The summed E-state index contributed by atoms with van der Waals surface area (Å²) >= 11 is 6.31. The number of Topliss-reactive ketones (excluding diaryl/α,β-unsaturated/α-hetero) is 1. The van der Waals surface area contributed by atoms with Crippen LogP contribution in [-0.4, -0.2) is 79.3 Å². The topological polar surface area (TPSA) is 146 Å². The molecule has 2 aromatic carbocycles. The average molecular weight is 668 g/mol. The summed E-state index contributed by atoms with van der Waals surface area (Å²) in [5, 5.41) is 11.9. The quantitative estimate of drug-likeness (QED) is 0.239. The molecule has 2 aromatic rings. The van der Waals surface area contributed by atoms with Crippen LogP contribution in [0.4, 0.5) is 4.79 Å². The molecular formula is C35H46ClN5O6. The molecule has 2 aliphatic rings. The van der Waals surface area contributed by atoms with Crippen LogP contribution in [0.3, 0.4) is 0 Å². The van der Waals surface area contributed by atoms with Gasteiger partial charge in [0, 0.05) is 49.1 Å². The van der Waals surface area contributed by atoms with E-state index < -0.39 is 53.2 Å². The van der Waals surface area contributed by atoms with Gasteiger partial charge in [0.15, 0.2) is 0 Å². The van der Waals surface area contributed by atoms with Gasteiger partial charge in [0.05, 0.1) is 6.04 Å². The summed E-state index contributed by atoms with van der Waals surface area (Å²) in [5.41, 5.74) is 0.891. The van der Waals surface area contributed by atoms with Gasteiger partial charge in [-0.3, -0.25) is 19.2 Å². The molecule has 11 nitrogen and oxygen atoms in total. The van der Waals surface area contributed by atoms with Gasteiger partial charge in [0.25, 0.3) is 5.91 Å². The zero-order valence-corrected chi connectivity index (χ0v) is 28.3. The van der Waals surface area contributed by atoms with E-state index in [0.29, 0.717) is 44.2 Å². The highest BCUT2D eigenvalue weighted by molar-refractivity contribution is 6.38. The van der Waals surface area contributed by atoms with Gasteiger partial charge in [0.2, 0.25) is 17.6 Å². The van der Waals surface area contributed by atoms with Crippen LogP contribution >= 0.6 is 11.6 Å². The number of carbonyl (C=O) groups excluding carboxylic acids is 5. The standard InChI is InChI=1S/C35H46ClN5O6/c1-22(2)19-28(32(44)39-27(20-24-13-14-38-31(24)43)29(42)33(45)41-17-15-37-16-18-41)40-34(46)47-30(23-9-6-5-7-10-23)35(3,4)25-11-8-12-26(36)21-25/h5-12,21-22,24,27-28,30,37H,13-20H2,1-4H3,(H,38,43)(H,39,44)(H,40,46)/t24-,27-,28-,30?/m0/s1. The maximum absolute atomic E-state index is 13.8. The van der Waals surface area contributed by atoms with Gasteiger partial charge in [0.1, 0.15) is 12.1 Å². The first-order chi connectivity index (χ1) is 22.4. The number of benzene rings is 2. The summed E-state index contributed by atoms with van der Waals surface area (Å²) in [7, 11) is 0. The lowest BCUT2D eigenvalue weighted by Crippen LogP contribution is -2.57. The zero-order chi connectivity index (χ0) is 34.1. The number of rotatable bonds is 13. The SMILES string of the molecule is CC(C)C[C@H](NC(=O)OC(c1ccccc1)C(C)(C)c1cccc(Cl)c1)C(=O)N[C@@H](C[C@@H]1CCNC1=O)C(=O)C(=O)N1CCNCC1. The lowest BCUT2D eigenvalue weighted by atomic mass is 9.76. The fourth-order valence-corrected chi connectivity index (χ4v) is 6.31. The molecule has 0 aromatic heterocycles. The number of alkyl carbamates (subject to hydrolysis) is 1. The first-order valence-corrected chi connectivity index (χ1v) is 16.6. The van der Waals surface area contributed by atoms with Gasteiger partial charge in [-0.05, 0) is 48.4 Å². The average Bonchev–Trinajstić information content (AvgIpc) is 3.46. The lowest BCUT2D eigenvalue weighted by molar-refractivity contribution is -0.147. The molecule has 12 heteroatoms.